The van der Waals surface area contributed by atoms with Crippen LogP contribution in [-0.4, -0.2) is 18.5 Å². The summed E-state index contributed by atoms with van der Waals surface area (Å²) in [6.45, 7) is 2.68. The van der Waals surface area contributed by atoms with E-state index < -0.39 is 0 Å². The third kappa shape index (κ3) is 2.87. The minimum atomic E-state index is -0.259. The average Bonchev–Trinajstić information content (AvgIpc) is 2.93. The highest BCUT2D eigenvalue weighted by atomic mass is 16.2. The Balaban J connectivity index is 1.92. The minimum Gasteiger partial charge on any atom is -0.353 e. The van der Waals surface area contributed by atoms with Crippen molar-refractivity contribution in [1.29, 1.82) is 0 Å². The fourth-order valence-corrected chi connectivity index (χ4v) is 3.69. The maximum absolute atomic E-state index is 12.5. The molecule has 0 spiro atoms. The first kappa shape index (κ1) is 13.9. The minimum absolute atomic E-state index is 0.226. The molecule has 0 aromatic carbocycles. The van der Waals surface area contributed by atoms with Crippen LogP contribution in [0.1, 0.15) is 64.7 Å². The number of carbonyl (C=O) groups is 1. The third-order valence-corrected chi connectivity index (χ3v) is 5.15. The van der Waals surface area contributed by atoms with Gasteiger partial charge in [0.2, 0.25) is 5.91 Å². The smallest absolute Gasteiger partial charge is 0.227 e. The van der Waals surface area contributed by atoms with E-state index in [0.29, 0.717) is 18.5 Å². The number of nitrogens with two attached hydrogens (primary N) is 1. The van der Waals surface area contributed by atoms with Crippen molar-refractivity contribution in [3.8, 4) is 0 Å². The lowest BCUT2D eigenvalue weighted by Gasteiger charge is -2.36. The Hall–Kier alpha value is -0.570. The Morgan fingerprint density at radius 3 is 2.39 bits per heavy atom. The Kier molecular flexibility index (Phi) is 4.66. The van der Waals surface area contributed by atoms with Crippen LogP contribution in [0.4, 0.5) is 0 Å². The summed E-state index contributed by atoms with van der Waals surface area (Å²) in [7, 11) is 0. The summed E-state index contributed by atoms with van der Waals surface area (Å²) in [5, 5.41) is 3.26. The van der Waals surface area contributed by atoms with E-state index in [9.17, 15) is 4.79 Å². The monoisotopic (exact) mass is 252 g/mol. The standard InChI is InChI=1S/C15H28N2O/c1-12(13-7-3-4-8-13)17-14(18)15(11-16)9-5-2-6-10-15/h12-13H,2-11,16H2,1H3,(H,17,18)/t12-/m0/s1. The van der Waals surface area contributed by atoms with Gasteiger partial charge < -0.3 is 11.1 Å². The lowest BCUT2D eigenvalue weighted by atomic mass is 9.73. The lowest BCUT2D eigenvalue weighted by molar-refractivity contribution is -0.133. The van der Waals surface area contributed by atoms with Crippen LogP contribution in [0.5, 0.6) is 0 Å². The first-order valence-electron chi connectivity index (χ1n) is 7.69. The molecule has 104 valence electrons. The summed E-state index contributed by atoms with van der Waals surface area (Å²) in [6, 6.07) is 0.324. The molecule has 2 aliphatic rings. The number of hydrogen-bond donors (Lipinski definition) is 2. The van der Waals surface area contributed by atoms with Crippen molar-refractivity contribution in [3.05, 3.63) is 0 Å². The molecule has 1 atom stereocenters. The van der Waals surface area contributed by atoms with Gasteiger partial charge in [0.25, 0.3) is 0 Å². The molecule has 0 bridgehead atoms. The van der Waals surface area contributed by atoms with Crippen LogP contribution in [0.25, 0.3) is 0 Å². The molecule has 1 amide bonds. The van der Waals surface area contributed by atoms with Crippen LogP contribution in [0, 0.1) is 11.3 Å². The Morgan fingerprint density at radius 1 is 1.22 bits per heavy atom. The van der Waals surface area contributed by atoms with Crippen LogP contribution in [0.2, 0.25) is 0 Å². The predicted octanol–water partition coefficient (Wildman–Crippen LogP) is 2.59. The molecule has 2 rings (SSSR count). The number of carbonyl (C=O) groups excluding carboxylic acids is 1. The molecule has 3 N–H and O–H groups in total. The second kappa shape index (κ2) is 6.05. The van der Waals surface area contributed by atoms with Gasteiger partial charge in [0, 0.05) is 12.6 Å². The van der Waals surface area contributed by atoms with Crippen molar-refractivity contribution in [2.24, 2.45) is 17.1 Å². The first-order chi connectivity index (χ1) is 8.68. The zero-order chi connectivity index (χ0) is 13.0. The van der Waals surface area contributed by atoms with E-state index in [1.54, 1.807) is 0 Å². The van der Waals surface area contributed by atoms with Crippen molar-refractivity contribution in [2.75, 3.05) is 6.54 Å². The molecular weight excluding hydrogens is 224 g/mol. The molecule has 3 nitrogen and oxygen atoms in total. The van der Waals surface area contributed by atoms with Crippen LogP contribution in [0.15, 0.2) is 0 Å². The van der Waals surface area contributed by atoms with Crippen LogP contribution >= 0.6 is 0 Å². The van der Waals surface area contributed by atoms with Gasteiger partial charge >= 0.3 is 0 Å². The maximum Gasteiger partial charge on any atom is 0.227 e. The van der Waals surface area contributed by atoms with Crippen molar-refractivity contribution < 1.29 is 4.79 Å². The quantitative estimate of drug-likeness (QED) is 0.808. The third-order valence-electron chi connectivity index (χ3n) is 5.15. The highest BCUT2D eigenvalue weighted by Crippen LogP contribution is 2.36. The Labute approximate surface area is 111 Å². The molecule has 2 saturated carbocycles. The van der Waals surface area contributed by atoms with Crippen molar-refractivity contribution in [3.63, 3.8) is 0 Å². The number of nitrogens with one attached hydrogen (secondary N) is 1. The summed E-state index contributed by atoms with van der Waals surface area (Å²) < 4.78 is 0. The molecular formula is C15H28N2O. The van der Waals surface area contributed by atoms with Gasteiger partial charge in [-0.25, -0.2) is 0 Å². The molecule has 0 heterocycles. The van der Waals surface area contributed by atoms with E-state index in [0.717, 1.165) is 25.7 Å². The van der Waals surface area contributed by atoms with E-state index in [4.69, 9.17) is 5.73 Å². The maximum atomic E-state index is 12.5. The van der Waals surface area contributed by atoms with Crippen molar-refractivity contribution in [1.82, 2.24) is 5.32 Å². The van der Waals surface area contributed by atoms with Gasteiger partial charge in [-0.15, -0.1) is 0 Å². The topological polar surface area (TPSA) is 55.1 Å². The predicted molar refractivity (Wildman–Crippen MR) is 74.1 cm³/mol. The summed E-state index contributed by atoms with van der Waals surface area (Å²) in [4.78, 5) is 12.5. The van der Waals surface area contributed by atoms with Crippen molar-refractivity contribution in [2.45, 2.75) is 70.8 Å². The van der Waals surface area contributed by atoms with Crippen LogP contribution in [-0.2, 0) is 4.79 Å². The normalized spacial score (nSPS) is 25.9. The highest BCUT2D eigenvalue weighted by molar-refractivity contribution is 5.83. The Morgan fingerprint density at radius 2 is 1.83 bits per heavy atom. The number of rotatable bonds is 4. The van der Waals surface area contributed by atoms with Gasteiger partial charge in [-0.1, -0.05) is 32.1 Å². The Bertz CT molecular complexity index is 278. The summed E-state index contributed by atoms with van der Waals surface area (Å²) in [5.74, 6) is 0.913. The van der Waals surface area contributed by atoms with E-state index >= 15 is 0 Å². The molecule has 2 aliphatic carbocycles. The summed E-state index contributed by atoms with van der Waals surface area (Å²) in [6.07, 6.45) is 10.7. The SMILES string of the molecule is C[C@H](NC(=O)C1(CN)CCCCC1)C1CCCC1. The van der Waals surface area contributed by atoms with Gasteiger partial charge in [0.1, 0.15) is 0 Å². The van der Waals surface area contributed by atoms with Crippen LogP contribution < -0.4 is 11.1 Å². The van der Waals surface area contributed by atoms with Gasteiger partial charge in [-0.3, -0.25) is 4.79 Å². The summed E-state index contributed by atoms with van der Waals surface area (Å²) in [5.41, 5.74) is 5.65. The molecule has 18 heavy (non-hydrogen) atoms. The molecule has 0 radical (unpaired) electrons. The van der Waals surface area contributed by atoms with Crippen molar-refractivity contribution >= 4 is 5.91 Å². The molecule has 2 fully saturated rings. The van der Waals surface area contributed by atoms with Gasteiger partial charge in [0.15, 0.2) is 0 Å². The second-order valence-corrected chi connectivity index (χ2v) is 6.35. The molecule has 3 heteroatoms. The van der Waals surface area contributed by atoms with E-state index in [1.807, 2.05) is 0 Å². The fraction of sp³-hybridized carbons (Fsp3) is 0.933. The number of amides is 1. The first-order valence-corrected chi connectivity index (χ1v) is 7.69. The van der Waals surface area contributed by atoms with Crippen LogP contribution in [0.3, 0.4) is 0 Å². The second-order valence-electron chi connectivity index (χ2n) is 6.35. The summed E-state index contributed by atoms with van der Waals surface area (Å²) >= 11 is 0. The molecule has 0 aromatic heterocycles. The fourth-order valence-electron chi connectivity index (χ4n) is 3.69. The zero-order valence-electron chi connectivity index (χ0n) is 11.7. The molecule has 0 aliphatic heterocycles. The van der Waals surface area contributed by atoms with Gasteiger partial charge in [-0.2, -0.15) is 0 Å². The number of hydrogen-bond acceptors (Lipinski definition) is 2. The largest absolute Gasteiger partial charge is 0.353 e. The highest BCUT2D eigenvalue weighted by Gasteiger charge is 2.39. The van der Waals surface area contributed by atoms with Gasteiger partial charge in [-0.05, 0) is 38.5 Å². The van der Waals surface area contributed by atoms with E-state index in [1.165, 1.54) is 32.1 Å². The molecule has 0 saturated heterocycles. The lowest BCUT2D eigenvalue weighted by Crippen LogP contribution is -2.50. The van der Waals surface area contributed by atoms with Gasteiger partial charge in [0.05, 0.1) is 5.41 Å². The molecule has 0 aromatic rings. The van der Waals surface area contributed by atoms with E-state index in [2.05, 4.69) is 12.2 Å². The average molecular weight is 252 g/mol. The molecule has 0 unspecified atom stereocenters. The van der Waals surface area contributed by atoms with E-state index in [-0.39, 0.29) is 11.3 Å². The zero-order valence-corrected chi connectivity index (χ0v) is 11.7.